The topological polar surface area (TPSA) is 63.8 Å². The molecule has 17 heavy (non-hydrogen) atoms. The van der Waals surface area contributed by atoms with Crippen LogP contribution in [0, 0.1) is 6.92 Å². The van der Waals surface area contributed by atoms with Crippen molar-refractivity contribution in [3.05, 3.63) is 46.7 Å². The molecule has 1 heterocycles. The standard InChI is InChI=1S/C12H13ClN4/c1-8-5-11(14)10(13)6-12(8)15-7-9-3-2-4-16-17-9/h2-6,15H,7,14H2,1H3. The number of nitrogens with two attached hydrogens (primary N) is 1. The smallest absolute Gasteiger partial charge is 0.0821 e. The molecule has 0 saturated carbocycles. The van der Waals surface area contributed by atoms with E-state index in [1.54, 1.807) is 6.20 Å². The van der Waals surface area contributed by atoms with E-state index in [1.807, 2.05) is 31.2 Å². The number of anilines is 2. The minimum Gasteiger partial charge on any atom is -0.398 e. The third-order valence-electron chi connectivity index (χ3n) is 2.43. The normalized spacial score (nSPS) is 10.2. The van der Waals surface area contributed by atoms with Gasteiger partial charge in [0.1, 0.15) is 0 Å². The van der Waals surface area contributed by atoms with Gasteiger partial charge in [-0.3, -0.25) is 0 Å². The molecule has 1 aromatic heterocycles. The molecule has 3 N–H and O–H groups in total. The summed E-state index contributed by atoms with van der Waals surface area (Å²) < 4.78 is 0. The van der Waals surface area contributed by atoms with Crippen LogP contribution in [-0.4, -0.2) is 10.2 Å². The summed E-state index contributed by atoms with van der Waals surface area (Å²) in [5.41, 5.74) is 9.19. The predicted molar refractivity (Wildman–Crippen MR) is 70.0 cm³/mol. The van der Waals surface area contributed by atoms with Gasteiger partial charge in [0.15, 0.2) is 0 Å². The fourth-order valence-electron chi connectivity index (χ4n) is 1.51. The zero-order chi connectivity index (χ0) is 12.3. The van der Waals surface area contributed by atoms with Crippen LogP contribution in [0.3, 0.4) is 0 Å². The van der Waals surface area contributed by atoms with E-state index >= 15 is 0 Å². The predicted octanol–water partition coefficient (Wildman–Crippen LogP) is 2.63. The quantitative estimate of drug-likeness (QED) is 0.820. The van der Waals surface area contributed by atoms with Gasteiger partial charge in [0, 0.05) is 11.9 Å². The number of hydrogen-bond acceptors (Lipinski definition) is 4. The van der Waals surface area contributed by atoms with E-state index in [4.69, 9.17) is 17.3 Å². The maximum atomic E-state index is 5.97. The summed E-state index contributed by atoms with van der Waals surface area (Å²) in [6.45, 7) is 2.58. The molecule has 0 spiro atoms. The van der Waals surface area contributed by atoms with E-state index in [-0.39, 0.29) is 0 Å². The van der Waals surface area contributed by atoms with Crippen molar-refractivity contribution < 1.29 is 0 Å². The lowest BCUT2D eigenvalue weighted by atomic mass is 10.1. The largest absolute Gasteiger partial charge is 0.398 e. The maximum absolute atomic E-state index is 5.97. The van der Waals surface area contributed by atoms with Crippen LogP contribution in [0.25, 0.3) is 0 Å². The molecule has 0 aliphatic rings. The Hall–Kier alpha value is -1.81. The molecular formula is C12H13ClN4. The minimum absolute atomic E-state index is 0.553. The van der Waals surface area contributed by atoms with E-state index in [0.29, 0.717) is 17.3 Å². The lowest BCUT2D eigenvalue weighted by molar-refractivity contribution is 0.924. The number of aromatic nitrogens is 2. The van der Waals surface area contributed by atoms with E-state index in [0.717, 1.165) is 16.9 Å². The van der Waals surface area contributed by atoms with E-state index in [2.05, 4.69) is 15.5 Å². The molecule has 0 bridgehead atoms. The third kappa shape index (κ3) is 2.85. The lowest BCUT2D eigenvalue weighted by Gasteiger charge is -2.10. The van der Waals surface area contributed by atoms with Gasteiger partial charge in [-0.2, -0.15) is 10.2 Å². The number of halogens is 1. The number of rotatable bonds is 3. The number of nitrogens with one attached hydrogen (secondary N) is 1. The maximum Gasteiger partial charge on any atom is 0.0821 e. The fraction of sp³-hybridized carbons (Fsp3) is 0.167. The minimum atomic E-state index is 0.553. The summed E-state index contributed by atoms with van der Waals surface area (Å²) in [6, 6.07) is 7.44. The molecule has 0 atom stereocenters. The second-order valence-corrected chi connectivity index (χ2v) is 4.16. The summed E-state index contributed by atoms with van der Waals surface area (Å²) in [5.74, 6) is 0. The number of nitrogen functional groups attached to an aromatic ring is 1. The molecule has 0 saturated heterocycles. The lowest BCUT2D eigenvalue weighted by Crippen LogP contribution is -2.04. The zero-order valence-electron chi connectivity index (χ0n) is 9.44. The van der Waals surface area contributed by atoms with Crippen molar-refractivity contribution in [1.82, 2.24) is 10.2 Å². The van der Waals surface area contributed by atoms with Crippen molar-refractivity contribution >= 4 is 23.0 Å². The van der Waals surface area contributed by atoms with Crippen LogP contribution < -0.4 is 11.1 Å². The first-order valence-corrected chi connectivity index (χ1v) is 5.60. The van der Waals surface area contributed by atoms with Crippen LogP contribution in [0.5, 0.6) is 0 Å². The Bertz CT molecular complexity index is 513. The third-order valence-corrected chi connectivity index (χ3v) is 2.76. The number of hydrogen-bond donors (Lipinski definition) is 2. The van der Waals surface area contributed by atoms with Crippen molar-refractivity contribution in [2.24, 2.45) is 0 Å². The summed E-state index contributed by atoms with van der Waals surface area (Å²) >= 11 is 5.97. The molecule has 1 aromatic carbocycles. The highest BCUT2D eigenvalue weighted by Crippen LogP contribution is 2.26. The molecule has 0 amide bonds. The van der Waals surface area contributed by atoms with E-state index in [9.17, 15) is 0 Å². The van der Waals surface area contributed by atoms with Crippen molar-refractivity contribution in [3.63, 3.8) is 0 Å². The van der Waals surface area contributed by atoms with Crippen LogP contribution in [-0.2, 0) is 6.54 Å². The summed E-state index contributed by atoms with van der Waals surface area (Å²) in [4.78, 5) is 0. The van der Waals surface area contributed by atoms with Gasteiger partial charge >= 0.3 is 0 Å². The SMILES string of the molecule is Cc1cc(N)c(Cl)cc1NCc1cccnn1. The molecule has 0 radical (unpaired) electrons. The first kappa shape index (κ1) is 11.7. The van der Waals surface area contributed by atoms with E-state index < -0.39 is 0 Å². The monoisotopic (exact) mass is 248 g/mol. The van der Waals surface area contributed by atoms with Gasteiger partial charge in [-0.1, -0.05) is 11.6 Å². The van der Waals surface area contributed by atoms with Gasteiger partial charge in [0.05, 0.1) is 22.9 Å². The molecule has 4 nitrogen and oxygen atoms in total. The highest BCUT2D eigenvalue weighted by atomic mass is 35.5. The Morgan fingerprint density at radius 2 is 2.24 bits per heavy atom. The van der Waals surface area contributed by atoms with Crippen LogP contribution in [0.2, 0.25) is 5.02 Å². The average Bonchev–Trinajstić information content (AvgIpc) is 2.33. The van der Waals surface area contributed by atoms with Gasteiger partial charge < -0.3 is 11.1 Å². The van der Waals surface area contributed by atoms with Gasteiger partial charge in [0.25, 0.3) is 0 Å². The van der Waals surface area contributed by atoms with Crippen molar-refractivity contribution in [3.8, 4) is 0 Å². The molecule has 88 valence electrons. The second-order valence-electron chi connectivity index (χ2n) is 3.76. The Morgan fingerprint density at radius 1 is 1.41 bits per heavy atom. The Kier molecular flexibility index (Phi) is 3.44. The number of nitrogens with zero attached hydrogens (tertiary/aromatic N) is 2. The molecule has 0 unspecified atom stereocenters. The van der Waals surface area contributed by atoms with Crippen LogP contribution in [0.1, 0.15) is 11.3 Å². The van der Waals surface area contributed by atoms with Crippen LogP contribution >= 0.6 is 11.6 Å². The molecule has 2 rings (SSSR count). The highest BCUT2D eigenvalue weighted by Gasteiger charge is 2.03. The molecule has 5 heteroatoms. The van der Waals surface area contributed by atoms with Gasteiger partial charge in [-0.15, -0.1) is 0 Å². The Balaban J connectivity index is 2.12. The second kappa shape index (κ2) is 5.01. The summed E-state index contributed by atoms with van der Waals surface area (Å²) in [6.07, 6.45) is 1.65. The average molecular weight is 249 g/mol. The van der Waals surface area contributed by atoms with Crippen molar-refractivity contribution in [1.29, 1.82) is 0 Å². The van der Waals surface area contributed by atoms with Gasteiger partial charge in [-0.05, 0) is 36.8 Å². The van der Waals surface area contributed by atoms with E-state index in [1.165, 1.54) is 0 Å². The zero-order valence-corrected chi connectivity index (χ0v) is 10.2. The number of benzene rings is 1. The van der Waals surface area contributed by atoms with Crippen molar-refractivity contribution in [2.45, 2.75) is 13.5 Å². The molecule has 0 aliphatic carbocycles. The fourth-order valence-corrected chi connectivity index (χ4v) is 1.67. The van der Waals surface area contributed by atoms with Crippen LogP contribution in [0.15, 0.2) is 30.5 Å². The molecule has 0 aliphatic heterocycles. The first-order chi connectivity index (χ1) is 8.16. The highest BCUT2D eigenvalue weighted by molar-refractivity contribution is 6.33. The Morgan fingerprint density at radius 3 is 2.94 bits per heavy atom. The van der Waals surface area contributed by atoms with Gasteiger partial charge in [-0.25, -0.2) is 0 Å². The Labute approximate surface area is 105 Å². The molecule has 0 fully saturated rings. The van der Waals surface area contributed by atoms with Gasteiger partial charge in [0.2, 0.25) is 0 Å². The molecular weight excluding hydrogens is 236 g/mol. The first-order valence-electron chi connectivity index (χ1n) is 5.23. The summed E-state index contributed by atoms with van der Waals surface area (Å²) in [5, 5.41) is 11.6. The number of aryl methyl sites for hydroxylation is 1. The summed E-state index contributed by atoms with van der Waals surface area (Å²) in [7, 11) is 0. The van der Waals surface area contributed by atoms with Crippen molar-refractivity contribution in [2.75, 3.05) is 11.1 Å². The molecule has 2 aromatic rings. The van der Waals surface area contributed by atoms with Crippen LogP contribution in [0.4, 0.5) is 11.4 Å².